The molecule has 0 aromatic carbocycles. The van der Waals surface area contributed by atoms with E-state index in [1.54, 1.807) is 0 Å². The molecule has 0 amide bonds. The van der Waals surface area contributed by atoms with Gasteiger partial charge in [0, 0.05) is 29.4 Å². The molecule has 106 valence electrons. The first-order chi connectivity index (χ1) is 9.83. The second kappa shape index (κ2) is 6.51. The predicted molar refractivity (Wildman–Crippen MR) is 84.8 cm³/mol. The Bertz CT molecular complexity index is 512. The molecule has 0 aliphatic heterocycles. The Morgan fingerprint density at radius 3 is 2.80 bits per heavy atom. The van der Waals surface area contributed by atoms with Crippen molar-refractivity contribution in [2.24, 2.45) is 5.92 Å². The number of rotatable bonds is 5. The summed E-state index contributed by atoms with van der Waals surface area (Å²) in [6.07, 6.45) is 7.49. The number of hydrogen-bond acceptors (Lipinski definition) is 3. The van der Waals surface area contributed by atoms with E-state index in [4.69, 9.17) is 0 Å². The normalized spacial score (nSPS) is 17.4. The molecular weight excluding hydrogens is 264 g/mol. The van der Waals surface area contributed by atoms with E-state index in [1.807, 2.05) is 24.5 Å². The molecule has 1 aliphatic rings. The van der Waals surface area contributed by atoms with Gasteiger partial charge in [-0.3, -0.25) is 4.98 Å². The molecule has 2 aromatic rings. The van der Waals surface area contributed by atoms with Crippen molar-refractivity contribution < 1.29 is 0 Å². The zero-order valence-electron chi connectivity index (χ0n) is 12.0. The summed E-state index contributed by atoms with van der Waals surface area (Å²) in [5, 5.41) is 5.96. The summed E-state index contributed by atoms with van der Waals surface area (Å²) in [6.45, 7) is 2.94. The molecule has 1 atom stereocenters. The van der Waals surface area contributed by atoms with Gasteiger partial charge in [-0.05, 0) is 48.8 Å². The molecule has 0 saturated heterocycles. The standard InChI is InChI=1S/C17H22N2S/c1-13-8-9-14(11-18-13)12-19-17(15-5-2-3-6-15)16-7-4-10-20-16/h4,7-11,15,17,19H,2-3,5-6,12H2,1H3. The van der Waals surface area contributed by atoms with E-state index in [2.05, 4.69) is 39.9 Å². The van der Waals surface area contributed by atoms with Gasteiger partial charge in [0.2, 0.25) is 0 Å². The van der Waals surface area contributed by atoms with Gasteiger partial charge in [-0.25, -0.2) is 0 Å². The molecule has 1 N–H and O–H groups in total. The summed E-state index contributed by atoms with van der Waals surface area (Å²) in [6, 6.07) is 9.21. The highest BCUT2D eigenvalue weighted by molar-refractivity contribution is 7.10. The second-order valence-electron chi connectivity index (χ2n) is 5.73. The topological polar surface area (TPSA) is 24.9 Å². The van der Waals surface area contributed by atoms with E-state index < -0.39 is 0 Å². The quantitative estimate of drug-likeness (QED) is 0.877. The molecular formula is C17H22N2S. The minimum Gasteiger partial charge on any atom is -0.305 e. The van der Waals surface area contributed by atoms with Crippen LogP contribution in [0.3, 0.4) is 0 Å². The number of nitrogens with one attached hydrogen (secondary N) is 1. The van der Waals surface area contributed by atoms with Gasteiger partial charge in [-0.2, -0.15) is 0 Å². The van der Waals surface area contributed by atoms with E-state index >= 15 is 0 Å². The molecule has 20 heavy (non-hydrogen) atoms. The van der Waals surface area contributed by atoms with Crippen molar-refractivity contribution in [1.29, 1.82) is 0 Å². The number of hydrogen-bond donors (Lipinski definition) is 1. The van der Waals surface area contributed by atoms with Crippen LogP contribution in [0.4, 0.5) is 0 Å². The average Bonchev–Trinajstić information content (AvgIpc) is 3.14. The van der Waals surface area contributed by atoms with Crippen LogP contribution in [0.15, 0.2) is 35.8 Å². The van der Waals surface area contributed by atoms with Crippen molar-refractivity contribution >= 4 is 11.3 Å². The third kappa shape index (κ3) is 3.28. The summed E-state index contributed by atoms with van der Waals surface area (Å²) < 4.78 is 0. The Hall–Kier alpha value is -1.19. The molecule has 0 radical (unpaired) electrons. The number of thiophene rings is 1. The lowest BCUT2D eigenvalue weighted by Gasteiger charge is -2.24. The largest absolute Gasteiger partial charge is 0.305 e. The van der Waals surface area contributed by atoms with Gasteiger partial charge in [0.05, 0.1) is 0 Å². The molecule has 3 rings (SSSR count). The van der Waals surface area contributed by atoms with Gasteiger partial charge in [0.15, 0.2) is 0 Å². The molecule has 1 fully saturated rings. The van der Waals surface area contributed by atoms with Crippen LogP contribution in [0, 0.1) is 12.8 Å². The van der Waals surface area contributed by atoms with Crippen molar-refractivity contribution in [2.75, 3.05) is 0 Å². The van der Waals surface area contributed by atoms with Crippen molar-refractivity contribution in [1.82, 2.24) is 10.3 Å². The van der Waals surface area contributed by atoms with E-state index in [9.17, 15) is 0 Å². The van der Waals surface area contributed by atoms with Crippen LogP contribution in [0.2, 0.25) is 0 Å². The van der Waals surface area contributed by atoms with Crippen LogP contribution in [0.1, 0.15) is 47.9 Å². The van der Waals surface area contributed by atoms with E-state index in [1.165, 1.54) is 36.1 Å². The number of nitrogens with zero attached hydrogens (tertiary/aromatic N) is 1. The van der Waals surface area contributed by atoms with Crippen LogP contribution in [0.5, 0.6) is 0 Å². The van der Waals surface area contributed by atoms with Crippen LogP contribution >= 0.6 is 11.3 Å². The zero-order valence-corrected chi connectivity index (χ0v) is 12.8. The van der Waals surface area contributed by atoms with Crippen molar-refractivity contribution in [3.05, 3.63) is 52.0 Å². The fraction of sp³-hybridized carbons (Fsp3) is 0.471. The fourth-order valence-corrected chi connectivity index (χ4v) is 3.98. The molecule has 2 aromatic heterocycles. The maximum absolute atomic E-state index is 4.38. The Morgan fingerprint density at radius 1 is 1.30 bits per heavy atom. The molecule has 1 aliphatic carbocycles. The molecule has 2 nitrogen and oxygen atoms in total. The molecule has 3 heteroatoms. The third-order valence-electron chi connectivity index (χ3n) is 4.22. The summed E-state index contributed by atoms with van der Waals surface area (Å²) in [5.74, 6) is 0.798. The zero-order chi connectivity index (χ0) is 13.8. The first-order valence-corrected chi connectivity index (χ1v) is 8.39. The highest BCUT2D eigenvalue weighted by atomic mass is 32.1. The van der Waals surface area contributed by atoms with Crippen LogP contribution < -0.4 is 5.32 Å². The number of aromatic nitrogens is 1. The van der Waals surface area contributed by atoms with E-state index in [0.717, 1.165) is 18.2 Å². The lowest BCUT2D eigenvalue weighted by molar-refractivity contribution is 0.371. The molecule has 2 heterocycles. The summed E-state index contributed by atoms with van der Waals surface area (Å²) >= 11 is 1.88. The highest BCUT2D eigenvalue weighted by Gasteiger charge is 2.26. The second-order valence-corrected chi connectivity index (χ2v) is 6.71. The van der Waals surface area contributed by atoms with Crippen LogP contribution in [0.25, 0.3) is 0 Å². The first-order valence-electron chi connectivity index (χ1n) is 7.51. The van der Waals surface area contributed by atoms with Gasteiger partial charge in [0.25, 0.3) is 0 Å². The molecule has 1 unspecified atom stereocenters. The van der Waals surface area contributed by atoms with E-state index in [0.29, 0.717) is 6.04 Å². The maximum Gasteiger partial charge on any atom is 0.0446 e. The fourth-order valence-electron chi connectivity index (χ4n) is 3.09. The lowest BCUT2D eigenvalue weighted by Crippen LogP contribution is -2.26. The van der Waals surface area contributed by atoms with Crippen LogP contribution in [-0.4, -0.2) is 4.98 Å². The summed E-state index contributed by atoms with van der Waals surface area (Å²) in [5.41, 5.74) is 2.36. The molecule has 0 spiro atoms. The SMILES string of the molecule is Cc1ccc(CNC(c2cccs2)C2CCCC2)cn1. The minimum atomic E-state index is 0.513. The Kier molecular flexibility index (Phi) is 4.48. The minimum absolute atomic E-state index is 0.513. The molecule has 1 saturated carbocycles. The lowest BCUT2D eigenvalue weighted by atomic mass is 9.96. The van der Waals surface area contributed by atoms with Gasteiger partial charge in [-0.1, -0.05) is 25.0 Å². The third-order valence-corrected chi connectivity index (χ3v) is 5.18. The monoisotopic (exact) mass is 286 g/mol. The summed E-state index contributed by atoms with van der Waals surface area (Å²) in [7, 11) is 0. The first kappa shape index (κ1) is 13.8. The number of pyridine rings is 1. The Balaban J connectivity index is 1.68. The van der Waals surface area contributed by atoms with Crippen molar-refractivity contribution in [3.8, 4) is 0 Å². The van der Waals surface area contributed by atoms with Gasteiger partial charge >= 0.3 is 0 Å². The number of aryl methyl sites for hydroxylation is 1. The van der Waals surface area contributed by atoms with E-state index in [-0.39, 0.29) is 0 Å². The predicted octanol–water partition coefficient (Wildman–Crippen LogP) is 4.47. The van der Waals surface area contributed by atoms with Gasteiger partial charge in [-0.15, -0.1) is 11.3 Å². The Morgan fingerprint density at radius 2 is 2.15 bits per heavy atom. The molecule has 0 bridgehead atoms. The van der Waals surface area contributed by atoms with Gasteiger partial charge in [0.1, 0.15) is 0 Å². The maximum atomic E-state index is 4.38. The highest BCUT2D eigenvalue weighted by Crippen LogP contribution is 2.37. The van der Waals surface area contributed by atoms with Gasteiger partial charge < -0.3 is 5.32 Å². The summed E-state index contributed by atoms with van der Waals surface area (Å²) in [4.78, 5) is 5.86. The smallest absolute Gasteiger partial charge is 0.0446 e. The average molecular weight is 286 g/mol. The Labute approximate surface area is 125 Å². The van der Waals surface area contributed by atoms with Crippen LogP contribution in [-0.2, 0) is 6.54 Å². The van der Waals surface area contributed by atoms with Crippen molar-refractivity contribution in [2.45, 2.75) is 45.2 Å². The van der Waals surface area contributed by atoms with Crippen molar-refractivity contribution in [3.63, 3.8) is 0 Å².